The van der Waals surface area contributed by atoms with Crippen molar-refractivity contribution in [3.8, 4) is 0 Å². The first kappa shape index (κ1) is 15.6. The number of nitrogens with one attached hydrogen (secondary N) is 2. The maximum absolute atomic E-state index is 11.6. The molecule has 0 aromatic carbocycles. The molecule has 0 aliphatic heterocycles. The first-order valence-electron chi connectivity index (χ1n) is 5.91. The zero-order chi connectivity index (χ0) is 16.8. The van der Waals surface area contributed by atoms with Gasteiger partial charge < -0.3 is 14.5 Å². The lowest BCUT2D eigenvalue weighted by molar-refractivity contribution is -0.402. The number of carbonyl (C=O) groups is 1. The highest BCUT2D eigenvalue weighted by Gasteiger charge is 2.21. The molecule has 0 atom stereocenters. The summed E-state index contributed by atoms with van der Waals surface area (Å²) in [5.74, 6) is -1.59. The average Bonchev–Trinajstić information content (AvgIpc) is 3.15. The number of aromatic amines is 1. The Hall–Kier alpha value is -3.83. The molecule has 0 bridgehead atoms. The van der Waals surface area contributed by atoms with Crippen molar-refractivity contribution in [2.45, 2.75) is 0 Å². The smallest absolute Gasteiger partial charge is 0.401 e. The van der Waals surface area contributed by atoms with E-state index < -0.39 is 33.1 Å². The number of imidazole rings is 1. The predicted octanol–water partition coefficient (Wildman–Crippen LogP) is 1.25. The van der Waals surface area contributed by atoms with Crippen molar-refractivity contribution in [1.82, 2.24) is 15.4 Å². The van der Waals surface area contributed by atoms with E-state index in [0.717, 1.165) is 12.5 Å². The summed E-state index contributed by atoms with van der Waals surface area (Å²) in [6.45, 7) is 0. The molecule has 2 N–H and O–H groups in total. The fourth-order valence-electron chi connectivity index (χ4n) is 1.45. The van der Waals surface area contributed by atoms with E-state index in [-0.39, 0.29) is 5.76 Å². The van der Waals surface area contributed by atoms with Crippen molar-refractivity contribution < 1.29 is 19.1 Å². The average molecular weight is 320 g/mol. The summed E-state index contributed by atoms with van der Waals surface area (Å²) in [6, 6.07) is 2.57. The van der Waals surface area contributed by atoms with E-state index in [2.05, 4.69) is 15.1 Å². The summed E-state index contributed by atoms with van der Waals surface area (Å²) in [7, 11) is 0. The Balaban J connectivity index is 1.92. The van der Waals surface area contributed by atoms with Gasteiger partial charge in [0.1, 0.15) is 10.7 Å². The Morgan fingerprint density at radius 1 is 1.35 bits per heavy atom. The van der Waals surface area contributed by atoms with E-state index in [0.29, 0.717) is 0 Å². The molecule has 23 heavy (non-hydrogen) atoms. The van der Waals surface area contributed by atoms with Gasteiger partial charge in [0.05, 0.1) is 6.07 Å². The number of nitrogens with zero attached hydrogens (tertiary/aromatic N) is 4. The van der Waals surface area contributed by atoms with Crippen LogP contribution in [-0.2, 0) is 0 Å². The van der Waals surface area contributed by atoms with Gasteiger partial charge in [-0.05, 0) is 23.1 Å². The monoisotopic (exact) mass is 320 g/mol. The molecule has 12 nitrogen and oxygen atoms in total. The third-order valence-electron chi connectivity index (χ3n) is 2.40. The molecule has 1 amide bonds. The van der Waals surface area contributed by atoms with E-state index in [9.17, 15) is 25.0 Å². The predicted molar refractivity (Wildman–Crippen MR) is 75.6 cm³/mol. The van der Waals surface area contributed by atoms with Gasteiger partial charge >= 0.3 is 11.7 Å². The molecular formula is C11H8N6O6. The Kier molecular flexibility index (Phi) is 4.57. The van der Waals surface area contributed by atoms with Gasteiger partial charge in [0, 0.05) is 6.21 Å². The molecule has 12 heteroatoms. The van der Waals surface area contributed by atoms with Crippen molar-refractivity contribution in [1.29, 1.82) is 0 Å². The van der Waals surface area contributed by atoms with Crippen molar-refractivity contribution in [2.24, 2.45) is 5.10 Å². The van der Waals surface area contributed by atoms with E-state index in [1.54, 1.807) is 0 Å². The van der Waals surface area contributed by atoms with Gasteiger partial charge in [0.25, 0.3) is 5.91 Å². The van der Waals surface area contributed by atoms with Gasteiger partial charge in [0.2, 0.25) is 5.69 Å². The molecule has 0 radical (unpaired) electrons. The normalized spacial score (nSPS) is 11.1. The van der Waals surface area contributed by atoms with Crippen LogP contribution in [0.5, 0.6) is 0 Å². The zero-order valence-corrected chi connectivity index (χ0v) is 11.2. The van der Waals surface area contributed by atoms with Crippen LogP contribution in [0.4, 0.5) is 11.7 Å². The number of hydrogen-bond acceptors (Lipinski definition) is 8. The largest absolute Gasteiger partial charge is 0.433 e. The molecule has 2 heterocycles. The molecule has 2 aromatic rings. The SMILES string of the molecule is O=C(NN=CC=Cc1ccc([N+](=O)[O-])o1)c1nc[nH]c1[N+](=O)[O-]. The molecule has 2 rings (SSSR count). The number of hydrazone groups is 1. The van der Waals surface area contributed by atoms with Crippen LogP contribution in [0.3, 0.4) is 0 Å². The minimum absolute atomic E-state index is 0.220. The lowest BCUT2D eigenvalue weighted by Gasteiger charge is -1.95. The molecule has 0 unspecified atom stereocenters. The van der Waals surface area contributed by atoms with Crippen LogP contribution in [-0.4, -0.2) is 31.9 Å². The number of nitro groups is 2. The van der Waals surface area contributed by atoms with Gasteiger partial charge in [-0.25, -0.2) is 15.4 Å². The van der Waals surface area contributed by atoms with E-state index >= 15 is 0 Å². The van der Waals surface area contributed by atoms with Crippen molar-refractivity contribution in [3.05, 3.63) is 56.2 Å². The van der Waals surface area contributed by atoms with Crippen LogP contribution in [0.1, 0.15) is 16.2 Å². The first-order valence-corrected chi connectivity index (χ1v) is 5.91. The molecular weight excluding hydrogens is 312 g/mol. The number of carbonyl (C=O) groups excluding carboxylic acids is 1. The quantitative estimate of drug-likeness (QED) is 0.458. The highest BCUT2D eigenvalue weighted by Crippen LogP contribution is 2.16. The maximum atomic E-state index is 11.6. The van der Waals surface area contributed by atoms with Gasteiger partial charge in [0.15, 0.2) is 6.33 Å². The van der Waals surface area contributed by atoms with Crippen LogP contribution in [0, 0.1) is 20.2 Å². The summed E-state index contributed by atoms with van der Waals surface area (Å²) >= 11 is 0. The second kappa shape index (κ2) is 6.75. The van der Waals surface area contributed by atoms with Crippen molar-refractivity contribution >= 4 is 29.9 Å². The number of amides is 1. The van der Waals surface area contributed by atoms with Crippen molar-refractivity contribution in [3.63, 3.8) is 0 Å². The summed E-state index contributed by atoms with van der Waals surface area (Å²) in [6.07, 6.45) is 4.90. The van der Waals surface area contributed by atoms with Gasteiger partial charge in [-0.1, -0.05) is 0 Å². The molecule has 0 saturated heterocycles. The summed E-state index contributed by atoms with van der Waals surface area (Å²) in [5, 5.41) is 24.5. The third-order valence-corrected chi connectivity index (χ3v) is 2.40. The van der Waals surface area contributed by atoms with E-state index in [1.165, 1.54) is 24.3 Å². The third kappa shape index (κ3) is 3.84. The van der Waals surface area contributed by atoms with Crippen LogP contribution < -0.4 is 5.43 Å². The number of rotatable bonds is 6. The first-order chi connectivity index (χ1) is 11.0. The number of H-pyrrole nitrogens is 1. The van der Waals surface area contributed by atoms with Gasteiger partial charge in [-0.3, -0.25) is 14.9 Å². The van der Waals surface area contributed by atoms with E-state index in [1.807, 2.05) is 5.43 Å². The van der Waals surface area contributed by atoms with Crippen LogP contribution >= 0.6 is 0 Å². The number of aromatic nitrogens is 2. The van der Waals surface area contributed by atoms with Crippen molar-refractivity contribution in [2.75, 3.05) is 0 Å². The minimum Gasteiger partial charge on any atom is -0.401 e. The Morgan fingerprint density at radius 2 is 2.13 bits per heavy atom. The van der Waals surface area contributed by atoms with Gasteiger partial charge in [-0.15, -0.1) is 0 Å². The van der Waals surface area contributed by atoms with Crippen LogP contribution in [0.15, 0.2) is 34.1 Å². The van der Waals surface area contributed by atoms with E-state index in [4.69, 9.17) is 4.42 Å². The zero-order valence-electron chi connectivity index (χ0n) is 11.2. The highest BCUT2D eigenvalue weighted by molar-refractivity contribution is 5.95. The lowest BCUT2D eigenvalue weighted by atomic mass is 10.4. The Bertz CT molecular complexity index is 804. The molecule has 0 aliphatic rings. The molecule has 0 saturated carbocycles. The standard InChI is InChI=1S/C11H8N6O6/c18-11(9-10(17(21)22)13-6-12-9)15-14-5-1-2-7-3-4-8(23-7)16(19)20/h1-6H,(H,12,13)(H,15,18). The summed E-state index contributed by atoms with van der Waals surface area (Å²) < 4.78 is 4.85. The number of allylic oxidation sites excluding steroid dienone is 1. The molecule has 118 valence electrons. The summed E-state index contributed by atoms with van der Waals surface area (Å²) in [5.41, 5.74) is 1.64. The minimum atomic E-state index is -0.865. The second-order valence-electron chi connectivity index (χ2n) is 3.87. The van der Waals surface area contributed by atoms with Crippen LogP contribution in [0.2, 0.25) is 0 Å². The molecule has 0 aliphatic carbocycles. The molecule has 2 aromatic heterocycles. The fraction of sp³-hybridized carbons (Fsp3) is 0. The lowest BCUT2D eigenvalue weighted by Crippen LogP contribution is -2.19. The summed E-state index contributed by atoms with van der Waals surface area (Å²) in [4.78, 5) is 36.9. The second-order valence-corrected chi connectivity index (χ2v) is 3.87. The van der Waals surface area contributed by atoms with Crippen LogP contribution in [0.25, 0.3) is 6.08 Å². The molecule has 0 spiro atoms. The Morgan fingerprint density at radius 3 is 2.78 bits per heavy atom. The highest BCUT2D eigenvalue weighted by atomic mass is 16.6. The fourth-order valence-corrected chi connectivity index (χ4v) is 1.45. The maximum Gasteiger partial charge on any atom is 0.433 e. The Labute approximate surface area is 126 Å². The number of hydrogen-bond donors (Lipinski definition) is 2. The van der Waals surface area contributed by atoms with Gasteiger partial charge in [-0.2, -0.15) is 5.10 Å². The number of furan rings is 1. The molecule has 0 fully saturated rings. The topological polar surface area (TPSA) is 170 Å².